The summed E-state index contributed by atoms with van der Waals surface area (Å²) < 4.78 is 18.8. The molecule has 3 aromatic rings. The van der Waals surface area contributed by atoms with E-state index in [1.54, 1.807) is 42.5 Å². The van der Waals surface area contributed by atoms with Crippen molar-refractivity contribution >= 4 is 17.6 Å². The average molecular weight is 439 g/mol. The number of aromatic nitrogens is 2. The van der Waals surface area contributed by atoms with Gasteiger partial charge in [-0.3, -0.25) is 4.79 Å². The first-order chi connectivity index (χ1) is 15.4. The molecule has 32 heavy (non-hydrogen) atoms. The third-order valence-corrected chi connectivity index (χ3v) is 4.66. The molecule has 0 aliphatic rings. The molecule has 0 spiro atoms. The van der Waals surface area contributed by atoms with Crippen LogP contribution in [0.5, 0.6) is 0 Å². The van der Waals surface area contributed by atoms with Crippen molar-refractivity contribution in [1.82, 2.24) is 20.8 Å². The van der Waals surface area contributed by atoms with E-state index in [0.717, 1.165) is 0 Å². The van der Waals surface area contributed by atoms with E-state index in [1.165, 1.54) is 6.07 Å². The summed E-state index contributed by atoms with van der Waals surface area (Å²) in [5.41, 5.74) is 1.37. The van der Waals surface area contributed by atoms with Crippen molar-refractivity contribution in [2.24, 2.45) is 0 Å². The van der Waals surface area contributed by atoms with Crippen molar-refractivity contribution in [1.29, 1.82) is 0 Å². The van der Waals surface area contributed by atoms with Crippen LogP contribution in [0.15, 0.2) is 53.1 Å². The fourth-order valence-corrected chi connectivity index (χ4v) is 2.85. The summed E-state index contributed by atoms with van der Waals surface area (Å²) in [5, 5.41) is 12.0. The van der Waals surface area contributed by atoms with Crippen LogP contribution in [0.25, 0.3) is 0 Å². The van der Waals surface area contributed by atoms with E-state index in [4.69, 9.17) is 4.52 Å². The Balaban J connectivity index is 1.39. The Kier molecular flexibility index (Phi) is 7.91. The molecule has 2 aromatic carbocycles. The number of nitrogens with zero attached hydrogens (tertiary/aromatic N) is 2. The minimum Gasteiger partial charge on any atom is -0.348 e. The van der Waals surface area contributed by atoms with Gasteiger partial charge in [-0.1, -0.05) is 37.2 Å². The lowest BCUT2D eigenvalue weighted by molar-refractivity contribution is 0.0950. The third kappa shape index (κ3) is 6.63. The van der Waals surface area contributed by atoms with Gasteiger partial charge in [0.2, 0.25) is 5.89 Å². The number of urea groups is 1. The van der Waals surface area contributed by atoms with E-state index in [0.29, 0.717) is 47.9 Å². The van der Waals surface area contributed by atoms with Crippen LogP contribution in [-0.2, 0) is 13.0 Å². The van der Waals surface area contributed by atoms with Gasteiger partial charge in [0.1, 0.15) is 5.82 Å². The molecule has 9 heteroatoms. The van der Waals surface area contributed by atoms with Crippen LogP contribution in [0.1, 0.15) is 53.8 Å². The van der Waals surface area contributed by atoms with Gasteiger partial charge in [0.15, 0.2) is 5.82 Å². The Bertz CT molecular complexity index is 1050. The molecule has 0 unspecified atom stereocenters. The van der Waals surface area contributed by atoms with Crippen molar-refractivity contribution in [3.63, 3.8) is 0 Å². The Morgan fingerprint density at radius 1 is 1.06 bits per heavy atom. The summed E-state index contributed by atoms with van der Waals surface area (Å²) in [6, 6.07) is 12.4. The first-order valence-electron chi connectivity index (χ1n) is 10.4. The largest absolute Gasteiger partial charge is 0.348 e. The molecule has 0 atom stereocenters. The van der Waals surface area contributed by atoms with E-state index < -0.39 is 0 Å². The van der Waals surface area contributed by atoms with E-state index in [2.05, 4.69) is 26.1 Å². The molecule has 1 aromatic heterocycles. The summed E-state index contributed by atoms with van der Waals surface area (Å²) in [4.78, 5) is 28.6. The minimum atomic E-state index is -0.365. The monoisotopic (exact) mass is 439 g/mol. The minimum absolute atomic E-state index is 0.0935. The lowest BCUT2D eigenvalue weighted by Gasteiger charge is -2.09. The van der Waals surface area contributed by atoms with Gasteiger partial charge in [-0.05, 0) is 36.8 Å². The van der Waals surface area contributed by atoms with Crippen molar-refractivity contribution < 1.29 is 18.5 Å². The van der Waals surface area contributed by atoms with Gasteiger partial charge < -0.3 is 20.5 Å². The lowest BCUT2D eigenvalue weighted by atomic mass is 10.1. The molecule has 0 aliphatic heterocycles. The van der Waals surface area contributed by atoms with Gasteiger partial charge in [0, 0.05) is 42.2 Å². The number of carbonyl (C=O) groups is 2. The van der Waals surface area contributed by atoms with Gasteiger partial charge in [0.05, 0.1) is 0 Å². The quantitative estimate of drug-likeness (QED) is 0.437. The topological polar surface area (TPSA) is 109 Å². The molecule has 3 rings (SSSR count). The number of halogens is 1. The van der Waals surface area contributed by atoms with E-state index in [-0.39, 0.29) is 30.2 Å². The van der Waals surface area contributed by atoms with Gasteiger partial charge in [0.25, 0.3) is 5.91 Å². The van der Waals surface area contributed by atoms with Crippen LogP contribution in [0.4, 0.5) is 14.9 Å². The Morgan fingerprint density at radius 3 is 2.50 bits per heavy atom. The molecule has 0 saturated carbocycles. The predicted molar refractivity (Wildman–Crippen MR) is 118 cm³/mol. The van der Waals surface area contributed by atoms with Crippen LogP contribution >= 0.6 is 0 Å². The number of nitrogens with one attached hydrogen (secondary N) is 3. The smallest absolute Gasteiger partial charge is 0.319 e. The molecular formula is C23H26FN5O3. The van der Waals surface area contributed by atoms with Crippen molar-refractivity contribution in [2.75, 3.05) is 11.9 Å². The van der Waals surface area contributed by atoms with Gasteiger partial charge >= 0.3 is 6.03 Å². The van der Waals surface area contributed by atoms with Crippen molar-refractivity contribution in [3.05, 3.63) is 77.2 Å². The van der Waals surface area contributed by atoms with E-state index in [9.17, 15) is 14.0 Å². The maximum Gasteiger partial charge on any atom is 0.319 e. The Labute approximate surface area is 185 Å². The second kappa shape index (κ2) is 11.0. The van der Waals surface area contributed by atoms with E-state index >= 15 is 0 Å². The Hall–Kier alpha value is -3.75. The molecular weight excluding hydrogens is 413 g/mol. The SMILES string of the molecule is CC(C)c1noc(CCCNC(=O)Nc2ccc(C(=O)NCc3ccccc3F)cc2)n1. The summed E-state index contributed by atoms with van der Waals surface area (Å²) in [6.07, 6.45) is 1.24. The molecule has 8 nitrogen and oxygen atoms in total. The normalized spacial score (nSPS) is 10.8. The fourth-order valence-electron chi connectivity index (χ4n) is 2.85. The molecule has 0 fully saturated rings. The number of hydrogen-bond acceptors (Lipinski definition) is 5. The standard InChI is InChI=1S/C23H26FN5O3/c1-15(2)21-28-20(32-29-21)8-5-13-25-23(31)27-18-11-9-16(10-12-18)22(30)26-14-17-6-3-4-7-19(17)24/h3-4,6-7,9-12,15H,5,8,13-14H2,1-2H3,(H,26,30)(H2,25,27,31). The number of anilines is 1. The highest BCUT2D eigenvalue weighted by atomic mass is 19.1. The first kappa shape index (κ1) is 22.9. The lowest BCUT2D eigenvalue weighted by Crippen LogP contribution is -2.29. The number of benzene rings is 2. The van der Waals surface area contributed by atoms with Crippen LogP contribution in [0, 0.1) is 5.82 Å². The van der Waals surface area contributed by atoms with E-state index in [1.807, 2.05) is 13.8 Å². The molecule has 0 radical (unpaired) electrons. The maximum absolute atomic E-state index is 13.6. The first-order valence-corrected chi connectivity index (χ1v) is 10.4. The molecule has 168 valence electrons. The second-order valence-corrected chi connectivity index (χ2v) is 7.54. The number of carbonyl (C=O) groups excluding carboxylic acids is 2. The number of rotatable bonds is 9. The molecule has 1 heterocycles. The average Bonchev–Trinajstić information content (AvgIpc) is 3.26. The fraction of sp³-hybridized carbons (Fsp3) is 0.304. The molecule has 0 aliphatic carbocycles. The zero-order valence-electron chi connectivity index (χ0n) is 18.0. The van der Waals surface area contributed by atoms with Gasteiger partial charge in [-0.25, -0.2) is 9.18 Å². The number of amides is 3. The highest BCUT2D eigenvalue weighted by Crippen LogP contribution is 2.12. The number of aryl methyl sites for hydroxylation is 1. The summed E-state index contributed by atoms with van der Waals surface area (Å²) in [7, 11) is 0. The highest BCUT2D eigenvalue weighted by molar-refractivity contribution is 5.95. The maximum atomic E-state index is 13.6. The number of hydrogen-bond donors (Lipinski definition) is 3. The summed E-state index contributed by atoms with van der Waals surface area (Å²) >= 11 is 0. The highest BCUT2D eigenvalue weighted by Gasteiger charge is 2.10. The van der Waals surface area contributed by atoms with Crippen LogP contribution in [-0.4, -0.2) is 28.6 Å². The van der Waals surface area contributed by atoms with Gasteiger partial charge in [-0.15, -0.1) is 0 Å². The molecule has 3 N–H and O–H groups in total. The predicted octanol–water partition coefficient (Wildman–Crippen LogP) is 4.02. The summed E-state index contributed by atoms with van der Waals surface area (Å²) in [6.45, 7) is 4.52. The van der Waals surface area contributed by atoms with Crippen LogP contribution in [0.3, 0.4) is 0 Å². The van der Waals surface area contributed by atoms with Crippen molar-refractivity contribution in [3.8, 4) is 0 Å². The molecule has 3 amide bonds. The third-order valence-electron chi connectivity index (χ3n) is 4.66. The van der Waals surface area contributed by atoms with Crippen LogP contribution in [0.2, 0.25) is 0 Å². The van der Waals surface area contributed by atoms with Crippen molar-refractivity contribution in [2.45, 2.75) is 39.2 Å². The van der Waals surface area contributed by atoms with Crippen LogP contribution < -0.4 is 16.0 Å². The molecule has 0 bridgehead atoms. The Morgan fingerprint density at radius 2 is 1.81 bits per heavy atom. The zero-order chi connectivity index (χ0) is 22.9. The van der Waals surface area contributed by atoms with Gasteiger partial charge in [-0.2, -0.15) is 4.98 Å². The molecule has 0 saturated heterocycles. The second-order valence-electron chi connectivity index (χ2n) is 7.54. The summed E-state index contributed by atoms with van der Waals surface area (Å²) in [5.74, 6) is 0.747. The zero-order valence-corrected chi connectivity index (χ0v) is 18.0.